The van der Waals surface area contributed by atoms with Gasteiger partial charge in [-0.2, -0.15) is 0 Å². The fourth-order valence-electron chi connectivity index (χ4n) is 1.01. The van der Waals surface area contributed by atoms with E-state index < -0.39 is 0 Å². The summed E-state index contributed by atoms with van der Waals surface area (Å²) in [5, 5.41) is 1.03. The Hall–Kier alpha value is -0.780. The molecule has 68 valence electrons. The Morgan fingerprint density at radius 1 is 1.46 bits per heavy atom. The van der Waals surface area contributed by atoms with E-state index in [-0.39, 0.29) is 0 Å². The Morgan fingerprint density at radius 3 is 2.85 bits per heavy atom. The summed E-state index contributed by atoms with van der Waals surface area (Å²) in [5.41, 5.74) is 8.40. The van der Waals surface area contributed by atoms with E-state index in [9.17, 15) is 0 Å². The Kier molecular flexibility index (Phi) is 2.39. The van der Waals surface area contributed by atoms with Gasteiger partial charge in [-0.15, -0.1) is 22.7 Å². The van der Waals surface area contributed by atoms with E-state index >= 15 is 0 Å². The monoisotopic (exact) mass is 211 g/mol. The molecule has 0 unspecified atom stereocenters. The highest BCUT2D eigenvalue weighted by molar-refractivity contribution is 7.20. The van der Waals surface area contributed by atoms with Gasteiger partial charge in [-0.05, 0) is 6.92 Å². The summed E-state index contributed by atoms with van der Waals surface area (Å²) in [6.45, 7) is 2.56. The van der Waals surface area contributed by atoms with Crippen LogP contribution in [-0.4, -0.2) is 9.97 Å². The van der Waals surface area contributed by atoms with Gasteiger partial charge in [-0.1, -0.05) is 0 Å². The number of hydrogen-bond donors (Lipinski definition) is 1. The molecule has 3 nitrogen and oxygen atoms in total. The highest BCUT2D eigenvalue weighted by atomic mass is 32.1. The molecule has 0 aromatic carbocycles. The van der Waals surface area contributed by atoms with Crippen LogP contribution < -0.4 is 5.73 Å². The standard InChI is InChI=1S/C8H9N3S2/c1-5-7(12-4-11-5)8-10-3-6(2-9)13-8/h3-4H,2,9H2,1H3. The molecule has 2 heterocycles. The first-order chi connectivity index (χ1) is 6.31. The van der Waals surface area contributed by atoms with Crippen LogP contribution in [0.1, 0.15) is 10.6 Å². The maximum absolute atomic E-state index is 5.51. The van der Waals surface area contributed by atoms with E-state index in [0.29, 0.717) is 6.54 Å². The molecule has 2 aromatic rings. The summed E-state index contributed by atoms with van der Waals surface area (Å²) in [6, 6.07) is 0. The second-order valence-electron chi connectivity index (χ2n) is 2.60. The molecular formula is C8H9N3S2. The van der Waals surface area contributed by atoms with Gasteiger partial charge >= 0.3 is 0 Å². The normalized spacial score (nSPS) is 10.6. The minimum Gasteiger partial charge on any atom is -0.326 e. The maximum atomic E-state index is 5.51. The van der Waals surface area contributed by atoms with Crippen molar-refractivity contribution in [1.29, 1.82) is 0 Å². The highest BCUT2D eigenvalue weighted by Crippen LogP contribution is 2.30. The van der Waals surface area contributed by atoms with Crippen LogP contribution in [0.2, 0.25) is 0 Å². The summed E-state index contributed by atoms with van der Waals surface area (Å²) in [7, 11) is 0. The van der Waals surface area contributed by atoms with Crippen molar-refractivity contribution in [3.63, 3.8) is 0 Å². The van der Waals surface area contributed by atoms with E-state index in [1.807, 2.05) is 18.6 Å². The topological polar surface area (TPSA) is 51.8 Å². The fourth-order valence-corrected chi connectivity index (χ4v) is 2.76. The van der Waals surface area contributed by atoms with Crippen molar-refractivity contribution >= 4 is 22.7 Å². The summed E-state index contributed by atoms with van der Waals surface area (Å²) in [6.07, 6.45) is 1.83. The maximum Gasteiger partial charge on any atom is 0.135 e. The second kappa shape index (κ2) is 3.53. The minimum atomic E-state index is 0.565. The third-order valence-electron chi connectivity index (χ3n) is 1.69. The number of nitrogens with two attached hydrogens (primary N) is 1. The van der Waals surface area contributed by atoms with Crippen molar-refractivity contribution in [3.8, 4) is 9.88 Å². The SMILES string of the molecule is Cc1ncsc1-c1ncc(CN)s1. The van der Waals surface area contributed by atoms with Crippen molar-refractivity contribution in [1.82, 2.24) is 9.97 Å². The Balaban J connectivity index is 2.41. The van der Waals surface area contributed by atoms with Crippen LogP contribution in [0.4, 0.5) is 0 Å². The van der Waals surface area contributed by atoms with E-state index in [4.69, 9.17) is 5.73 Å². The van der Waals surface area contributed by atoms with Gasteiger partial charge in [-0.3, -0.25) is 0 Å². The number of rotatable bonds is 2. The molecule has 0 aliphatic rings. The molecule has 0 amide bonds. The molecule has 0 atom stereocenters. The first-order valence-electron chi connectivity index (χ1n) is 3.86. The molecular weight excluding hydrogens is 202 g/mol. The molecule has 2 aromatic heterocycles. The lowest BCUT2D eigenvalue weighted by Gasteiger charge is -1.89. The average molecular weight is 211 g/mol. The number of aromatic nitrogens is 2. The largest absolute Gasteiger partial charge is 0.326 e. The van der Waals surface area contributed by atoms with Crippen LogP contribution in [0.3, 0.4) is 0 Å². The van der Waals surface area contributed by atoms with Gasteiger partial charge in [0.25, 0.3) is 0 Å². The molecule has 0 spiro atoms. The smallest absolute Gasteiger partial charge is 0.135 e. The van der Waals surface area contributed by atoms with Crippen LogP contribution in [0.5, 0.6) is 0 Å². The third kappa shape index (κ3) is 1.63. The van der Waals surface area contributed by atoms with E-state index in [0.717, 1.165) is 20.5 Å². The highest BCUT2D eigenvalue weighted by Gasteiger charge is 2.08. The van der Waals surface area contributed by atoms with Crippen LogP contribution in [0, 0.1) is 6.92 Å². The Labute approximate surface area is 84.3 Å². The van der Waals surface area contributed by atoms with E-state index in [1.165, 1.54) is 0 Å². The van der Waals surface area contributed by atoms with Gasteiger partial charge in [0.2, 0.25) is 0 Å². The van der Waals surface area contributed by atoms with Crippen molar-refractivity contribution in [2.45, 2.75) is 13.5 Å². The van der Waals surface area contributed by atoms with Gasteiger partial charge in [0.1, 0.15) is 5.01 Å². The van der Waals surface area contributed by atoms with Crippen LogP contribution >= 0.6 is 22.7 Å². The van der Waals surface area contributed by atoms with E-state index in [2.05, 4.69) is 9.97 Å². The quantitative estimate of drug-likeness (QED) is 0.827. The van der Waals surface area contributed by atoms with Crippen LogP contribution in [0.25, 0.3) is 9.88 Å². The number of thiazole rings is 2. The number of nitrogens with zero attached hydrogens (tertiary/aromatic N) is 2. The van der Waals surface area contributed by atoms with Crippen molar-refractivity contribution in [3.05, 3.63) is 22.3 Å². The average Bonchev–Trinajstić information content (AvgIpc) is 2.71. The number of hydrogen-bond acceptors (Lipinski definition) is 5. The van der Waals surface area contributed by atoms with E-state index in [1.54, 1.807) is 22.7 Å². The van der Waals surface area contributed by atoms with Crippen molar-refractivity contribution in [2.24, 2.45) is 5.73 Å². The van der Waals surface area contributed by atoms with Crippen molar-refractivity contribution < 1.29 is 0 Å². The van der Waals surface area contributed by atoms with Crippen LogP contribution in [-0.2, 0) is 6.54 Å². The first kappa shape index (κ1) is 8.80. The second-order valence-corrected chi connectivity index (χ2v) is 4.57. The molecule has 2 N–H and O–H groups in total. The molecule has 0 aliphatic heterocycles. The first-order valence-corrected chi connectivity index (χ1v) is 5.56. The Morgan fingerprint density at radius 2 is 2.31 bits per heavy atom. The lowest BCUT2D eigenvalue weighted by atomic mass is 10.4. The molecule has 0 bridgehead atoms. The molecule has 0 fully saturated rings. The molecule has 5 heteroatoms. The zero-order valence-electron chi connectivity index (χ0n) is 7.15. The zero-order valence-corrected chi connectivity index (χ0v) is 8.78. The summed E-state index contributed by atoms with van der Waals surface area (Å²) >= 11 is 3.26. The molecule has 0 aliphatic carbocycles. The lowest BCUT2D eigenvalue weighted by molar-refractivity contribution is 1.10. The summed E-state index contributed by atoms with van der Waals surface area (Å²) < 4.78 is 0. The van der Waals surface area contributed by atoms with Gasteiger partial charge in [0.05, 0.1) is 16.1 Å². The lowest BCUT2D eigenvalue weighted by Crippen LogP contribution is -1.91. The molecule has 0 saturated heterocycles. The van der Waals surface area contributed by atoms with Crippen molar-refractivity contribution in [2.75, 3.05) is 0 Å². The van der Waals surface area contributed by atoms with Gasteiger partial charge in [0.15, 0.2) is 0 Å². The summed E-state index contributed by atoms with van der Waals surface area (Å²) in [5.74, 6) is 0. The zero-order chi connectivity index (χ0) is 9.26. The Bertz CT molecular complexity index is 405. The van der Waals surface area contributed by atoms with Crippen LogP contribution in [0.15, 0.2) is 11.7 Å². The predicted octanol–water partition coefficient (Wildman–Crippen LogP) is 2.03. The molecule has 0 radical (unpaired) electrons. The van der Waals surface area contributed by atoms with Gasteiger partial charge in [0, 0.05) is 17.6 Å². The van der Waals surface area contributed by atoms with Gasteiger partial charge in [-0.25, -0.2) is 9.97 Å². The molecule has 13 heavy (non-hydrogen) atoms. The molecule has 0 saturated carbocycles. The third-order valence-corrected chi connectivity index (χ3v) is 3.80. The van der Waals surface area contributed by atoms with Gasteiger partial charge < -0.3 is 5.73 Å². The minimum absolute atomic E-state index is 0.565. The fraction of sp³-hybridized carbons (Fsp3) is 0.250. The predicted molar refractivity (Wildman–Crippen MR) is 55.9 cm³/mol. The number of aryl methyl sites for hydroxylation is 1. The molecule has 2 rings (SSSR count). The summed E-state index contributed by atoms with van der Waals surface area (Å²) in [4.78, 5) is 10.8.